The van der Waals surface area contributed by atoms with Crippen LogP contribution in [0.1, 0.15) is 30.0 Å². The highest BCUT2D eigenvalue weighted by Crippen LogP contribution is 2.39. The first-order chi connectivity index (χ1) is 17.9. The maximum absolute atomic E-state index is 13.4. The molecule has 5 rings (SSSR count). The van der Waals surface area contributed by atoms with Gasteiger partial charge in [-0.2, -0.15) is 10.1 Å². The molecule has 2 amide bonds. The number of nitrogens with zero attached hydrogens (tertiary/aromatic N) is 3. The average Bonchev–Trinajstić information content (AvgIpc) is 3.48. The Morgan fingerprint density at radius 2 is 1.92 bits per heavy atom. The van der Waals surface area contributed by atoms with Crippen LogP contribution >= 0.6 is 23.4 Å². The van der Waals surface area contributed by atoms with Crippen molar-refractivity contribution in [2.75, 3.05) is 12.4 Å². The second kappa shape index (κ2) is 10.7. The van der Waals surface area contributed by atoms with Crippen LogP contribution in [0.5, 0.6) is 5.75 Å². The first-order valence-corrected chi connectivity index (χ1v) is 12.8. The summed E-state index contributed by atoms with van der Waals surface area (Å²) >= 11 is 7.27. The highest BCUT2D eigenvalue weighted by atomic mass is 35.5. The van der Waals surface area contributed by atoms with Crippen molar-refractivity contribution in [1.29, 1.82) is 0 Å². The number of carbonyl (C=O) groups is 2. The van der Waals surface area contributed by atoms with Crippen molar-refractivity contribution in [1.82, 2.24) is 5.01 Å². The number of amidine groups is 1. The maximum atomic E-state index is 13.4. The van der Waals surface area contributed by atoms with Gasteiger partial charge in [-0.05, 0) is 53.6 Å². The van der Waals surface area contributed by atoms with Crippen LogP contribution < -0.4 is 10.1 Å². The molecular formula is C27H22ClFN4O3S. The van der Waals surface area contributed by atoms with E-state index < -0.39 is 22.9 Å². The topological polar surface area (TPSA) is 83.4 Å². The van der Waals surface area contributed by atoms with Crippen LogP contribution in [0.2, 0.25) is 5.02 Å². The summed E-state index contributed by atoms with van der Waals surface area (Å²) in [5, 5.41) is 9.57. The van der Waals surface area contributed by atoms with E-state index in [4.69, 9.17) is 21.4 Å². The van der Waals surface area contributed by atoms with Gasteiger partial charge in [0.25, 0.3) is 5.91 Å². The molecule has 0 spiro atoms. The molecule has 0 aromatic heterocycles. The average molecular weight is 537 g/mol. The zero-order chi connectivity index (χ0) is 25.9. The number of hydrogen-bond donors (Lipinski definition) is 1. The first-order valence-electron chi connectivity index (χ1n) is 11.5. The Morgan fingerprint density at radius 1 is 1.16 bits per heavy atom. The Labute approximate surface area is 222 Å². The van der Waals surface area contributed by atoms with Gasteiger partial charge in [-0.3, -0.25) is 9.59 Å². The Balaban J connectivity index is 1.35. The fourth-order valence-corrected chi connectivity index (χ4v) is 5.33. The number of hydrogen-bond acceptors (Lipinski definition) is 6. The molecule has 2 atom stereocenters. The fourth-order valence-electron chi connectivity index (χ4n) is 4.14. The summed E-state index contributed by atoms with van der Waals surface area (Å²) in [6, 6.07) is 20.5. The van der Waals surface area contributed by atoms with E-state index in [1.807, 2.05) is 48.5 Å². The summed E-state index contributed by atoms with van der Waals surface area (Å²) in [7, 11) is 1.61. The quantitative estimate of drug-likeness (QED) is 0.439. The van der Waals surface area contributed by atoms with Crippen LogP contribution in [0, 0.1) is 5.82 Å². The summed E-state index contributed by atoms with van der Waals surface area (Å²) < 4.78 is 18.7. The Morgan fingerprint density at radius 3 is 2.62 bits per heavy atom. The molecule has 0 unspecified atom stereocenters. The summed E-state index contributed by atoms with van der Waals surface area (Å²) in [5.41, 5.74) is 3.07. The molecule has 3 aromatic rings. The molecule has 2 aliphatic heterocycles. The SMILES string of the molecule is COc1ccc([C@@H]2CC(c3ccc(Cl)cc3)=NN2C2=NC(=O)[C@@H](CC(=O)Nc3cccc(F)c3)S2)cc1. The van der Waals surface area contributed by atoms with Gasteiger partial charge in [0.2, 0.25) is 5.91 Å². The van der Waals surface area contributed by atoms with E-state index in [1.54, 1.807) is 18.2 Å². The molecule has 0 saturated heterocycles. The molecule has 0 radical (unpaired) electrons. The number of aliphatic imine (C=N–C) groups is 1. The van der Waals surface area contributed by atoms with Crippen LogP contribution in [0.3, 0.4) is 0 Å². The van der Waals surface area contributed by atoms with Crippen LogP contribution in [-0.2, 0) is 9.59 Å². The smallest absolute Gasteiger partial charge is 0.262 e. The molecule has 10 heteroatoms. The monoisotopic (exact) mass is 536 g/mol. The van der Waals surface area contributed by atoms with Crippen molar-refractivity contribution >= 4 is 51.7 Å². The zero-order valence-corrected chi connectivity index (χ0v) is 21.3. The molecular weight excluding hydrogens is 515 g/mol. The molecule has 37 heavy (non-hydrogen) atoms. The van der Waals surface area contributed by atoms with Gasteiger partial charge in [-0.15, -0.1) is 0 Å². The van der Waals surface area contributed by atoms with Crippen molar-refractivity contribution in [3.63, 3.8) is 0 Å². The lowest BCUT2D eigenvalue weighted by atomic mass is 9.98. The summed E-state index contributed by atoms with van der Waals surface area (Å²) in [5.74, 6) is -0.522. The lowest BCUT2D eigenvalue weighted by molar-refractivity contribution is -0.121. The molecule has 0 fully saturated rings. The van der Waals surface area contributed by atoms with E-state index in [0.29, 0.717) is 22.3 Å². The molecule has 0 saturated carbocycles. The number of anilines is 1. The highest BCUT2D eigenvalue weighted by molar-refractivity contribution is 8.15. The zero-order valence-electron chi connectivity index (χ0n) is 19.7. The minimum Gasteiger partial charge on any atom is -0.497 e. The van der Waals surface area contributed by atoms with Crippen molar-refractivity contribution in [3.8, 4) is 5.75 Å². The standard InChI is InChI=1S/C27H22ClFN4O3S/c1-36-21-11-7-17(8-12-21)23-14-22(16-5-9-18(28)10-6-16)32-33(23)27-31-26(35)24(37-27)15-25(34)30-20-4-2-3-19(29)13-20/h2-13,23-24H,14-15H2,1H3,(H,30,34)/t23-,24+/m0/s1. The Bertz CT molecular complexity index is 1400. The molecule has 3 aromatic carbocycles. The van der Waals surface area contributed by atoms with E-state index in [1.165, 1.54) is 30.0 Å². The van der Waals surface area contributed by atoms with Crippen LogP contribution in [-0.4, -0.2) is 40.1 Å². The van der Waals surface area contributed by atoms with Crippen LogP contribution in [0.4, 0.5) is 10.1 Å². The molecule has 188 valence electrons. The number of halogens is 2. The number of rotatable bonds is 6. The molecule has 0 aliphatic carbocycles. The van der Waals surface area contributed by atoms with E-state index in [-0.39, 0.29) is 12.5 Å². The van der Waals surface area contributed by atoms with E-state index in [0.717, 1.165) is 22.6 Å². The normalized spacial score (nSPS) is 19.0. The molecule has 2 aliphatic rings. The number of thioether (sulfide) groups is 1. The minimum absolute atomic E-state index is 0.0954. The predicted octanol–water partition coefficient (Wildman–Crippen LogP) is 5.67. The third-order valence-electron chi connectivity index (χ3n) is 5.99. The minimum atomic E-state index is -0.699. The second-order valence-electron chi connectivity index (χ2n) is 8.49. The summed E-state index contributed by atoms with van der Waals surface area (Å²) in [4.78, 5) is 29.5. The number of methoxy groups -OCH3 is 1. The third-order valence-corrected chi connectivity index (χ3v) is 7.39. The Hall–Kier alpha value is -3.69. The van der Waals surface area contributed by atoms with Gasteiger partial charge in [-0.1, -0.05) is 53.7 Å². The number of ether oxygens (including phenoxy) is 1. The van der Waals surface area contributed by atoms with Crippen molar-refractivity contribution < 1.29 is 18.7 Å². The van der Waals surface area contributed by atoms with Crippen molar-refractivity contribution in [2.45, 2.75) is 24.1 Å². The van der Waals surface area contributed by atoms with Crippen LogP contribution in [0.15, 0.2) is 82.9 Å². The van der Waals surface area contributed by atoms with Gasteiger partial charge in [-0.25, -0.2) is 9.40 Å². The van der Waals surface area contributed by atoms with Gasteiger partial charge in [0.05, 0.1) is 18.9 Å². The number of hydrazone groups is 1. The van der Waals surface area contributed by atoms with Gasteiger partial charge >= 0.3 is 0 Å². The second-order valence-corrected chi connectivity index (χ2v) is 10.1. The Kier molecular flexibility index (Phi) is 7.25. The van der Waals surface area contributed by atoms with E-state index >= 15 is 0 Å². The van der Waals surface area contributed by atoms with Gasteiger partial charge in [0.15, 0.2) is 5.17 Å². The summed E-state index contributed by atoms with van der Waals surface area (Å²) in [6.07, 6.45) is 0.494. The number of nitrogens with one attached hydrogen (secondary N) is 1. The fraction of sp³-hybridized carbons (Fsp3) is 0.185. The molecule has 7 nitrogen and oxygen atoms in total. The van der Waals surface area contributed by atoms with E-state index in [2.05, 4.69) is 10.3 Å². The van der Waals surface area contributed by atoms with Crippen LogP contribution in [0.25, 0.3) is 0 Å². The first kappa shape index (κ1) is 25.0. The summed E-state index contributed by atoms with van der Waals surface area (Å²) in [6.45, 7) is 0. The maximum Gasteiger partial charge on any atom is 0.262 e. The van der Waals surface area contributed by atoms with Gasteiger partial charge in [0, 0.05) is 23.6 Å². The predicted molar refractivity (Wildman–Crippen MR) is 144 cm³/mol. The lowest BCUT2D eigenvalue weighted by Gasteiger charge is -2.23. The molecule has 1 N–H and O–H groups in total. The van der Waals surface area contributed by atoms with Gasteiger partial charge in [0.1, 0.15) is 16.8 Å². The van der Waals surface area contributed by atoms with Crippen molar-refractivity contribution in [3.05, 3.63) is 94.8 Å². The number of carbonyl (C=O) groups excluding carboxylic acids is 2. The molecule has 2 heterocycles. The van der Waals surface area contributed by atoms with Crippen molar-refractivity contribution in [2.24, 2.45) is 10.1 Å². The van der Waals surface area contributed by atoms with E-state index in [9.17, 15) is 14.0 Å². The third kappa shape index (κ3) is 5.68. The number of amides is 2. The number of benzene rings is 3. The largest absolute Gasteiger partial charge is 0.497 e. The lowest BCUT2D eigenvalue weighted by Crippen LogP contribution is -2.25. The highest BCUT2D eigenvalue weighted by Gasteiger charge is 2.39. The molecule has 0 bridgehead atoms. The van der Waals surface area contributed by atoms with Gasteiger partial charge < -0.3 is 10.1 Å².